The highest BCUT2D eigenvalue weighted by molar-refractivity contribution is 5.37. The van der Waals surface area contributed by atoms with Gasteiger partial charge in [0.1, 0.15) is 0 Å². The quantitative estimate of drug-likeness (QED) is 0.670. The number of piperidine rings is 2. The number of benzene rings is 1. The highest BCUT2D eigenvalue weighted by atomic mass is 15.2. The van der Waals surface area contributed by atoms with Crippen LogP contribution in [0, 0.1) is 11.8 Å². The van der Waals surface area contributed by atoms with Crippen molar-refractivity contribution in [2.45, 2.75) is 57.5 Å². The second kappa shape index (κ2) is 10.6. The Morgan fingerprint density at radius 1 is 0.966 bits per heavy atom. The molecule has 3 nitrogen and oxygen atoms in total. The molecule has 2 fully saturated rings. The maximum absolute atomic E-state index is 4.34. The minimum absolute atomic E-state index is 0.483. The summed E-state index contributed by atoms with van der Waals surface area (Å²) in [5.41, 5.74) is 3.86. The summed E-state index contributed by atoms with van der Waals surface area (Å²) < 4.78 is 0. The van der Waals surface area contributed by atoms with E-state index in [4.69, 9.17) is 0 Å². The molecule has 0 amide bonds. The van der Waals surface area contributed by atoms with E-state index in [2.05, 4.69) is 63.0 Å². The summed E-state index contributed by atoms with van der Waals surface area (Å²) >= 11 is 0. The number of rotatable bonds is 5. The molecule has 1 aromatic heterocycles. The van der Waals surface area contributed by atoms with Crippen LogP contribution < -0.4 is 0 Å². The van der Waals surface area contributed by atoms with Crippen LogP contribution in [0.4, 0.5) is 0 Å². The molecule has 0 bridgehead atoms. The van der Waals surface area contributed by atoms with Gasteiger partial charge in [0.2, 0.25) is 0 Å². The molecule has 152 valence electrons. The van der Waals surface area contributed by atoms with Crippen molar-refractivity contribution in [3.63, 3.8) is 0 Å². The van der Waals surface area contributed by atoms with E-state index in [0.29, 0.717) is 6.04 Å². The third-order valence-electron chi connectivity index (χ3n) is 6.23. The molecule has 1 atom stereocenters. The average molecular weight is 388 g/mol. The van der Waals surface area contributed by atoms with Gasteiger partial charge in [0.25, 0.3) is 0 Å². The van der Waals surface area contributed by atoms with Crippen LogP contribution in [0.5, 0.6) is 0 Å². The largest absolute Gasteiger partial charge is 0.302 e. The first-order chi connectivity index (χ1) is 14.4. The van der Waals surface area contributed by atoms with Crippen molar-refractivity contribution in [3.8, 4) is 11.8 Å². The second-order valence-electron chi connectivity index (χ2n) is 8.42. The lowest BCUT2D eigenvalue weighted by atomic mass is 9.95. The third-order valence-corrected chi connectivity index (χ3v) is 6.23. The van der Waals surface area contributed by atoms with Gasteiger partial charge < -0.3 is 4.90 Å². The Morgan fingerprint density at radius 3 is 2.72 bits per heavy atom. The highest BCUT2D eigenvalue weighted by Crippen LogP contribution is 2.31. The molecule has 0 N–H and O–H groups in total. The molecule has 29 heavy (non-hydrogen) atoms. The number of pyridine rings is 1. The lowest BCUT2D eigenvalue weighted by molar-refractivity contribution is 0.140. The molecule has 1 unspecified atom stereocenters. The van der Waals surface area contributed by atoms with Gasteiger partial charge in [-0.25, -0.2) is 0 Å². The van der Waals surface area contributed by atoms with E-state index in [9.17, 15) is 0 Å². The minimum atomic E-state index is 0.483. The van der Waals surface area contributed by atoms with Crippen molar-refractivity contribution in [2.24, 2.45) is 0 Å². The summed E-state index contributed by atoms with van der Waals surface area (Å²) in [7, 11) is 0. The lowest BCUT2D eigenvalue weighted by Crippen LogP contribution is -2.33. The standard InChI is InChI=1S/C26H33N3/c1-4-16-28(17-5-1)18-6-2-10-23-11-8-12-24(20-23)22-29-19-7-3-14-26(29)25-13-9-15-27-21-25/h8-9,11-13,15,20-21,26H,1,3-7,14,16-19,22H2. The molecule has 0 spiro atoms. The van der Waals surface area contributed by atoms with Crippen molar-refractivity contribution in [1.82, 2.24) is 14.8 Å². The van der Waals surface area contributed by atoms with E-state index in [-0.39, 0.29) is 0 Å². The van der Waals surface area contributed by atoms with Gasteiger partial charge in [0.05, 0.1) is 0 Å². The van der Waals surface area contributed by atoms with Crippen molar-refractivity contribution in [2.75, 3.05) is 26.2 Å². The topological polar surface area (TPSA) is 19.4 Å². The zero-order valence-corrected chi connectivity index (χ0v) is 17.5. The Hall–Kier alpha value is -2.15. The normalized spacial score (nSPS) is 20.8. The number of likely N-dealkylation sites (tertiary alicyclic amines) is 2. The molecule has 2 aromatic rings. The van der Waals surface area contributed by atoms with Crippen LogP contribution in [0.25, 0.3) is 0 Å². The Labute approximate surface area is 176 Å². The molecule has 3 heterocycles. The molecule has 2 aliphatic heterocycles. The summed E-state index contributed by atoms with van der Waals surface area (Å²) in [6.07, 6.45) is 12.8. The molecule has 0 radical (unpaired) electrons. The number of hydrogen-bond acceptors (Lipinski definition) is 3. The molecular formula is C26H33N3. The first-order valence-electron chi connectivity index (χ1n) is 11.3. The summed E-state index contributed by atoms with van der Waals surface area (Å²) in [6.45, 7) is 5.78. The van der Waals surface area contributed by atoms with Gasteiger partial charge in [-0.05, 0) is 74.6 Å². The highest BCUT2D eigenvalue weighted by Gasteiger charge is 2.24. The van der Waals surface area contributed by atoms with Crippen LogP contribution in [0.1, 0.15) is 67.7 Å². The Morgan fingerprint density at radius 2 is 1.86 bits per heavy atom. The maximum Gasteiger partial charge on any atom is 0.0366 e. The van der Waals surface area contributed by atoms with Gasteiger partial charge >= 0.3 is 0 Å². The Balaban J connectivity index is 1.36. The second-order valence-corrected chi connectivity index (χ2v) is 8.42. The number of aromatic nitrogens is 1. The van der Waals surface area contributed by atoms with Gasteiger partial charge in [-0.3, -0.25) is 9.88 Å². The van der Waals surface area contributed by atoms with E-state index in [1.807, 2.05) is 12.4 Å². The van der Waals surface area contributed by atoms with E-state index >= 15 is 0 Å². The van der Waals surface area contributed by atoms with E-state index in [0.717, 1.165) is 31.6 Å². The Kier molecular flexibility index (Phi) is 7.34. The number of nitrogens with zero attached hydrogens (tertiary/aromatic N) is 3. The zero-order chi connectivity index (χ0) is 19.7. The fourth-order valence-corrected chi connectivity index (χ4v) is 4.67. The summed E-state index contributed by atoms with van der Waals surface area (Å²) in [5.74, 6) is 6.80. The summed E-state index contributed by atoms with van der Waals surface area (Å²) in [4.78, 5) is 9.52. The van der Waals surface area contributed by atoms with Crippen molar-refractivity contribution < 1.29 is 0 Å². The summed E-state index contributed by atoms with van der Waals surface area (Å²) in [5, 5.41) is 0. The fraction of sp³-hybridized carbons (Fsp3) is 0.500. The molecule has 0 aliphatic carbocycles. The van der Waals surface area contributed by atoms with Crippen molar-refractivity contribution >= 4 is 0 Å². The van der Waals surface area contributed by atoms with Crippen LogP contribution in [-0.2, 0) is 6.54 Å². The molecule has 0 saturated carbocycles. The SMILES string of the molecule is C(#Cc1cccc(CN2CCCCC2c2cccnc2)c1)CCN1CCCCC1. The van der Waals surface area contributed by atoms with Crippen LogP contribution in [0.2, 0.25) is 0 Å². The van der Waals surface area contributed by atoms with Crippen LogP contribution >= 0.6 is 0 Å². The van der Waals surface area contributed by atoms with Gasteiger partial charge in [-0.15, -0.1) is 0 Å². The summed E-state index contributed by atoms with van der Waals surface area (Å²) in [6, 6.07) is 13.6. The molecule has 1 aromatic carbocycles. The van der Waals surface area contributed by atoms with E-state index in [1.54, 1.807) is 0 Å². The molecule has 3 heteroatoms. The van der Waals surface area contributed by atoms with Gasteiger partial charge in [0.15, 0.2) is 0 Å². The Bertz CT molecular complexity index is 815. The van der Waals surface area contributed by atoms with Crippen LogP contribution in [0.3, 0.4) is 0 Å². The molecule has 2 aliphatic rings. The molecule has 4 rings (SSSR count). The molecular weight excluding hydrogens is 354 g/mol. The predicted octanol–water partition coefficient (Wildman–Crippen LogP) is 5.04. The lowest BCUT2D eigenvalue weighted by Gasteiger charge is -2.36. The van der Waals surface area contributed by atoms with E-state index < -0.39 is 0 Å². The van der Waals surface area contributed by atoms with Crippen LogP contribution in [-0.4, -0.2) is 41.0 Å². The van der Waals surface area contributed by atoms with E-state index in [1.165, 1.54) is 62.7 Å². The number of hydrogen-bond donors (Lipinski definition) is 0. The first-order valence-corrected chi connectivity index (χ1v) is 11.3. The first kappa shape index (κ1) is 20.1. The minimum Gasteiger partial charge on any atom is -0.302 e. The smallest absolute Gasteiger partial charge is 0.0366 e. The predicted molar refractivity (Wildman–Crippen MR) is 119 cm³/mol. The van der Waals surface area contributed by atoms with Gasteiger partial charge in [0, 0.05) is 43.5 Å². The average Bonchev–Trinajstić information content (AvgIpc) is 2.79. The third kappa shape index (κ3) is 5.92. The van der Waals surface area contributed by atoms with Gasteiger partial charge in [-0.2, -0.15) is 0 Å². The fourth-order valence-electron chi connectivity index (χ4n) is 4.67. The van der Waals surface area contributed by atoms with Crippen molar-refractivity contribution in [3.05, 3.63) is 65.5 Å². The maximum atomic E-state index is 4.34. The molecule has 2 saturated heterocycles. The zero-order valence-electron chi connectivity index (χ0n) is 17.5. The monoisotopic (exact) mass is 387 g/mol. The van der Waals surface area contributed by atoms with Crippen molar-refractivity contribution in [1.29, 1.82) is 0 Å². The van der Waals surface area contributed by atoms with Crippen LogP contribution in [0.15, 0.2) is 48.8 Å². The van der Waals surface area contributed by atoms with Gasteiger partial charge in [-0.1, -0.05) is 42.9 Å².